The van der Waals surface area contributed by atoms with Gasteiger partial charge >= 0.3 is 0 Å². The van der Waals surface area contributed by atoms with Crippen LogP contribution < -0.4 is 0 Å². The highest BCUT2D eigenvalue weighted by Crippen LogP contribution is 2.29. The van der Waals surface area contributed by atoms with Crippen molar-refractivity contribution >= 4 is 5.91 Å². The normalized spacial score (nSPS) is 28.8. The summed E-state index contributed by atoms with van der Waals surface area (Å²) in [6.07, 6.45) is 3.22. The summed E-state index contributed by atoms with van der Waals surface area (Å²) in [4.78, 5) is 16.6. The van der Waals surface area contributed by atoms with Crippen LogP contribution >= 0.6 is 0 Å². The maximum absolute atomic E-state index is 12.5. The lowest BCUT2D eigenvalue weighted by atomic mass is 9.86. The number of rotatable bonds is 2. The molecule has 2 atom stereocenters. The first kappa shape index (κ1) is 13.9. The number of nitrogens with zero attached hydrogens (tertiary/aromatic N) is 2. The SMILES string of the molecule is CCN1CCN(C(=O)C2C(O)=C(O)C=CC2C)CC1. The number of amides is 1. The summed E-state index contributed by atoms with van der Waals surface area (Å²) in [6, 6.07) is 0. The van der Waals surface area contributed by atoms with Crippen molar-refractivity contribution in [3.8, 4) is 0 Å². The monoisotopic (exact) mass is 266 g/mol. The standard InChI is InChI=1S/C14H22N2O3/c1-3-15-6-8-16(9-7-15)14(19)12-10(2)4-5-11(17)13(12)18/h4-5,10,12,17-18H,3,6-9H2,1-2H3. The Hall–Kier alpha value is -1.49. The van der Waals surface area contributed by atoms with Crippen molar-refractivity contribution in [2.75, 3.05) is 32.7 Å². The Morgan fingerprint density at radius 2 is 1.95 bits per heavy atom. The number of likely N-dealkylation sites (N-methyl/N-ethyl adjacent to an activating group) is 1. The summed E-state index contributed by atoms with van der Waals surface area (Å²) < 4.78 is 0. The molecule has 0 spiro atoms. The van der Waals surface area contributed by atoms with Crippen molar-refractivity contribution in [1.82, 2.24) is 9.80 Å². The van der Waals surface area contributed by atoms with Crippen LogP contribution in [0.1, 0.15) is 13.8 Å². The number of carbonyl (C=O) groups excluding carboxylic acids is 1. The fourth-order valence-electron chi connectivity index (χ4n) is 2.67. The summed E-state index contributed by atoms with van der Waals surface area (Å²) in [6.45, 7) is 8.10. The molecule has 106 valence electrons. The summed E-state index contributed by atoms with van der Waals surface area (Å²) >= 11 is 0. The molecule has 2 N–H and O–H groups in total. The molecule has 0 radical (unpaired) electrons. The molecule has 1 aliphatic carbocycles. The van der Waals surface area contributed by atoms with Gasteiger partial charge in [0.25, 0.3) is 0 Å². The molecule has 1 amide bonds. The first-order valence-electron chi connectivity index (χ1n) is 6.86. The van der Waals surface area contributed by atoms with E-state index in [9.17, 15) is 15.0 Å². The Balaban J connectivity index is 2.06. The highest BCUT2D eigenvalue weighted by molar-refractivity contribution is 5.82. The van der Waals surface area contributed by atoms with Gasteiger partial charge < -0.3 is 20.0 Å². The van der Waals surface area contributed by atoms with Gasteiger partial charge in [-0.3, -0.25) is 4.79 Å². The molecule has 2 rings (SSSR count). The molecule has 2 unspecified atom stereocenters. The third-order valence-corrected chi connectivity index (χ3v) is 4.04. The Labute approximate surface area is 113 Å². The number of aliphatic hydroxyl groups excluding tert-OH is 2. The van der Waals surface area contributed by atoms with Crippen LogP contribution in [0.4, 0.5) is 0 Å². The van der Waals surface area contributed by atoms with E-state index < -0.39 is 5.92 Å². The van der Waals surface area contributed by atoms with Gasteiger partial charge in [0.05, 0.1) is 0 Å². The molecule has 2 aliphatic rings. The molecule has 0 aromatic rings. The molecule has 5 nitrogen and oxygen atoms in total. The van der Waals surface area contributed by atoms with Crippen molar-refractivity contribution in [1.29, 1.82) is 0 Å². The molecule has 5 heteroatoms. The second kappa shape index (κ2) is 5.65. The molecular formula is C14H22N2O3. The van der Waals surface area contributed by atoms with E-state index in [1.54, 1.807) is 11.0 Å². The van der Waals surface area contributed by atoms with E-state index in [1.807, 2.05) is 6.92 Å². The van der Waals surface area contributed by atoms with E-state index in [-0.39, 0.29) is 23.3 Å². The summed E-state index contributed by atoms with van der Waals surface area (Å²) in [7, 11) is 0. The molecule has 0 aromatic heterocycles. The first-order chi connectivity index (χ1) is 9.04. The molecule has 1 fully saturated rings. The largest absolute Gasteiger partial charge is 0.508 e. The van der Waals surface area contributed by atoms with E-state index in [2.05, 4.69) is 11.8 Å². The van der Waals surface area contributed by atoms with Gasteiger partial charge in [0.15, 0.2) is 5.76 Å². The molecule has 0 bridgehead atoms. The number of aliphatic hydroxyl groups is 2. The average Bonchev–Trinajstić information content (AvgIpc) is 2.43. The van der Waals surface area contributed by atoms with Crippen molar-refractivity contribution in [2.45, 2.75) is 13.8 Å². The predicted octanol–water partition coefficient (Wildman–Crippen LogP) is 1.30. The molecular weight excluding hydrogens is 244 g/mol. The lowest BCUT2D eigenvalue weighted by Gasteiger charge is -2.37. The van der Waals surface area contributed by atoms with Crippen molar-refractivity contribution < 1.29 is 15.0 Å². The minimum Gasteiger partial charge on any atom is -0.508 e. The van der Waals surface area contributed by atoms with Crippen molar-refractivity contribution in [3.63, 3.8) is 0 Å². The van der Waals surface area contributed by atoms with Crippen LogP contribution in [0.15, 0.2) is 23.7 Å². The molecule has 0 saturated carbocycles. The van der Waals surface area contributed by atoms with Gasteiger partial charge in [-0.1, -0.05) is 19.9 Å². The van der Waals surface area contributed by atoms with Gasteiger partial charge in [0.2, 0.25) is 5.91 Å². The second-order valence-corrected chi connectivity index (χ2v) is 5.23. The zero-order chi connectivity index (χ0) is 14.0. The minimum absolute atomic E-state index is 0.0864. The Kier molecular flexibility index (Phi) is 4.14. The average molecular weight is 266 g/mol. The minimum atomic E-state index is -0.641. The Morgan fingerprint density at radius 1 is 1.32 bits per heavy atom. The van der Waals surface area contributed by atoms with E-state index in [0.29, 0.717) is 13.1 Å². The van der Waals surface area contributed by atoms with Crippen LogP contribution in [0.25, 0.3) is 0 Å². The first-order valence-corrected chi connectivity index (χ1v) is 6.86. The van der Waals surface area contributed by atoms with E-state index in [1.165, 1.54) is 6.08 Å². The van der Waals surface area contributed by atoms with Gasteiger partial charge in [0.1, 0.15) is 11.7 Å². The fourth-order valence-corrected chi connectivity index (χ4v) is 2.67. The van der Waals surface area contributed by atoms with Crippen LogP contribution in [-0.2, 0) is 4.79 Å². The number of hydrogen-bond donors (Lipinski definition) is 2. The molecule has 0 aromatic carbocycles. The highest BCUT2D eigenvalue weighted by Gasteiger charge is 2.36. The van der Waals surface area contributed by atoms with Gasteiger partial charge in [-0.15, -0.1) is 0 Å². The van der Waals surface area contributed by atoms with Gasteiger partial charge in [0, 0.05) is 26.2 Å². The second-order valence-electron chi connectivity index (χ2n) is 5.23. The summed E-state index contributed by atoms with van der Waals surface area (Å²) in [5.74, 6) is -1.20. The van der Waals surface area contributed by atoms with Crippen LogP contribution in [0.3, 0.4) is 0 Å². The van der Waals surface area contributed by atoms with Crippen LogP contribution in [0.2, 0.25) is 0 Å². The quantitative estimate of drug-likeness (QED) is 0.791. The van der Waals surface area contributed by atoms with Crippen LogP contribution in [0, 0.1) is 11.8 Å². The Bertz CT molecular complexity index is 409. The Morgan fingerprint density at radius 3 is 2.53 bits per heavy atom. The van der Waals surface area contributed by atoms with Gasteiger partial charge in [-0.25, -0.2) is 0 Å². The zero-order valence-electron chi connectivity index (χ0n) is 11.5. The van der Waals surface area contributed by atoms with E-state index >= 15 is 0 Å². The number of hydrogen-bond acceptors (Lipinski definition) is 4. The molecule has 1 saturated heterocycles. The third kappa shape index (κ3) is 2.76. The molecule has 19 heavy (non-hydrogen) atoms. The fraction of sp³-hybridized carbons (Fsp3) is 0.643. The highest BCUT2D eigenvalue weighted by atomic mass is 16.3. The predicted molar refractivity (Wildman–Crippen MR) is 72.8 cm³/mol. The lowest BCUT2D eigenvalue weighted by Crippen LogP contribution is -2.51. The van der Waals surface area contributed by atoms with E-state index in [4.69, 9.17) is 0 Å². The summed E-state index contributed by atoms with van der Waals surface area (Å²) in [5.41, 5.74) is 0. The maximum atomic E-state index is 12.5. The topological polar surface area (TPSA) is 64.0 Å². The zero-order valence-corrected chi connectivity index (χ0v) is 11.5. The number of piperazine rings is 1. The molecule has 1 heterocycles. The number of carbonyl (C=O) groups is 1. The van der Waals surface area contributed by atoms with Crippen molar-refractivity contribution in [3.05, 3.63) is 23.7 Å². The summed E-state index contributed by atoms with van der Waals surface area (Å²) in [5, 5.41) is 19.5. The van der Waals surface area contributed by atoms with Crippen molar-refractivity contribution in [2.24, 2.45) is 11.8 Å². The number of allylic oxidation sites excluding steroid dienone is 2. The van der Waals surface area contributed by atoms with Crippen LogP contribution in [-0.4, -0.2) is 58.6 Å². The molecule has 1 aliphatic heterocycles. The van der Waals surface area contributed by atoms with Gasteiger partial charge in [-0.2, -0.15) is 0 Å². The smallest absolute Gasteiger partial charge is 0.234 e. The third-order valence-electron chi connectivity index (χ3n) is 4.04. The van der Waals surface area contributed by atoms with Crippen LogP contribution in [0.5, 0.6) is 0 Å². The van der Waals surface area contributed by atoms with Gasteiger partial charge in [-0.05, 0) is 18.5 Å². The maximum Gasteiger partial charge on any atom is 0.234 e. The lowest BCUT2D eigenvalue weighted by molar-refractivity contribution is -0.138. The van der Waals surface area contributed by atoms with E-state index in [0.717, 1.165) is 19.6 Å².